The first-order chi connectivity index (χ1) is 8.24. The summed E-state index contributed by atoms with van der Waals surface area (Å²) in [6, 6.07) is 8.67. The predicted octanol–water partition coefficient (Wildman–Crippen LogP) is 1.59. The smallest absolute Gasteiger partial charge is 0.407 e. The van der Waals surface area contributed by atoms with Crippen LogP contribution in [0.5, 0.6) is 0 Å². The van der Waals surface area contributed by atoms with Crippen LogP contribution in [0, 0.1) is 0 Å². The molecule has 0 spiro atoms. The normalized spacial score (nSPS) is 9.47. The van der Waals surface area contributed by atoms with E-state index in [1.807, 2.05) is 6.07 Å². The Kier molecular flexibility index (Phi) is 5.57. The SMILES string of the molecule is CCOC(=O)NCCOC(=O)c1ccccc1. The Morgan fingerprint density at radius 1 is 1.18 bits per heavy atom. The minimum absolute atomic E-state index is 0.118. The summed E-state index contributed by atoms with van der Waals surface area (Å²) in [5.41, 5.74) is 0.489. The second kappa shape index (κ2) is 7.27. The first-order valence-corrected chi connectivity index (χ1v) is 5.37. The summed E-state index contributed by atoms with van der Waals surface area (Å²) in [6.07, 6.45) is -0.511. The number of rotatable bonds is 5. The number of carbonyl (C=O) groups is 2. The molecule has 0 aliphatic rings. The van der Waals surface area contributed by atoms with E-state index < -0.39 is 12.1 Å². The van der Waals surface area contributed by atoms with Gasteiger partial charge in [-0.05, 0) is 19.1 Å². The van der Waals surface area contributed by atoms with E-state index in [0.717, 1.165) is 0 Å². The van der Waals surface area contributed by atoms with Crippen LogP contribution in [0.15, 0.2) is 30.3 Å². The van der Waals surface area contributed by atoms with Crippen LogP contribution in [0.4, 0.5) is 4.79 Å². The van der Waals surface area contributed by atoms with Gasteiger partial charge in [0.25, 0.3) is 0 Å². The van der Waals surface area contributed by atoms with Crippen molar-refractivity contribution in [2.45, 2.75) is 6.92 Å². The molecule has 1 amide bonds. The minimum atomic E-state index is -0.511. The molecule has 0 fully saturated rings. The molecule has 1 N–H and O–H groups in total. The second-order valence-electron chi connectivity index (χ2n) is 3.15. The Labute approximate surface area is 99.7 Å². The lowest BCUT2D eigenvalue weighted by atomic mass is 10.2. The molecule has 0 aliphatic carbocycles. The summed E-state index contributed by atoms with van der Waals surface area (Å²) in [7, 11) is 0. The number of alkyl carbamates (subject to hydrolysis) is 1. The molecule has 1 rings (SSSR count). The molecule has 0 aromatic heterocycles. The van der Waals surface area contributed by atoms with E-state index in [0.29, 0.717) is 12.2 Å². The molecule has 17 heavy (non-hydrogen) atoms. The van der Waals surface area contributed by atoms with Gasteiger partial charge in [0.15, 0.2) is 0 Å². The van der Waals surface area contributed by atoms with Crippen molar-refractivity contribution in [3.05, 3.63) is 35.9 Å². The number of carbonyl (C=O) groups excluding carboxylic acids is 2. The Hall–Kier alpha value is -2.04. The van der Waals surface area contributed by atoms with Crippen LogP contribution in [0.2, 0.25) is 0 Å². The highest BCUT2D eigenvalue weighted by molar-refractivity contribution is 5.89. The molecule has 0 atom stereocenters. The van der Waals surface area contributed by atoms with Crippen molar-refractivity contribution in [3.63, 3.8) is 0 Å². The van der Waals surface area contributed by atoms with Gasteiger partial charge in [-0.15, -0.1) is 0 Å². The van der Waals surface area contributed by atoms with E-state index >= 15 is 0 Å². The maximum absolute atomic E-state index is 11.4. The summed E-state index contributed by atoms with van der Waals surface area (Å²) in [5, 5.41) is 2.45. The van der Waals surface area contributed by atoms with E-state index in [9.17, 15) is 9.59 Å². The largest absolute Gasteiger partial charge is 0.460 e. The lowest BCUT2D eigenvalue weighted by molar-refractivity contribution is 0.0505. The molecular formula is C12H15NO4. The van der Waals surface area contributed by atoms with Crippen molar-refractivity contribution >= 4 is 12.1 Å². The molecule has 0 aliphatic heterocycles. The number of ether oxygens (including phenoxy) is 2. The van der Waals surface area contributed by atoms with Crippen LogP contribution in [-0.4, -0.2) is 31.8 Å². The number of amides is 1. The van der Waals surface area contributed by atoms with Crippen LogP contribution in [0.3, 0.4) is 0 Å². The van der Waals surface area contributed by atoms with Crippen molar-refractivity contribution < 1.29 is 19.1 Å². The van der Waals surface area contributed by atoms with Gasteiger partial charge in [-0.3, -0.25) is 0 Å². The molecule has 0 unspecified atom stereocenters. The summed E-state index contributed by atoms with van der Waals surface area (Å²) < 4.78 is 9.59. The van der Waals surface area contributed by atoms with E-state index in [4.69, 9.17) is 4.74 Å². The number of benzene rings is 1. The van der Waals surface area contributed by atoms with Crippen LogP contribution in [-0.2, 0) is 9.47 Å². The molecule has 0 radical (unpaired) electrons. The number of nitrogens with one attached hydrogen (secondary N) is 1. The predicted molar refractivity (Wildman–Crippen MR) is 61.7 cm³/mol. The molecule has 0 heterocycles. The highest BCUT2D eigenvalue weighted by atomic mass is 16.6. The summed E-state index contributed by atoms with van der Waals surface area (Å²) >= 11 is 0. The van der Waals surface area contributed by atoms with Gasteiger partial charge < -0.3 is 14.8 Å². The zero-order chi connectivity index (χ0) is 12.5. The Morgan fingerprint density at radius 2 is 1.88 bits per heavy atom. The van der Waals surface area contributed by atoms with Crippen LogP contribution >= 0.6 is 0 Å². The van der Waals surface area contributed by atoms with Gasteiger partial charge in [0, 0.05) is 0 Å². The molecular weight excluding hydrogens is 222 g/mol. The van der Waals surface area contributed by atoms with Crippen molar-refractivity contribution in [1.82, 2.24) is 5.32 Å². The third-order valence-corrected chi connectivity index (χ3v) is 1.89. The summed E-state index contributed by atoms with van der Waals surface area (Å²) in [6.45, 7) is 2.38. The molecule has 1 aromatic rings. The fourth-order valence-electron chi connectivity index (χ4n) is 1.14. The van der Waals surface area contributed by atoms with Crippen molar-refractivity contribution in [1.29, 1.82) is 0 Å². The monoisotopic (exact) mass is 237 g/mol. The Bertz CT molecular complexity index is 364. The van der Waals surface area contributed by atoms with Gasteiger partial charge in [-0.2, -0.15) is 0 Å². The highest BCUT2D eigenvalue weighted by Crippen LogP contribution is 2.00. The van der Waals surface area contributed by atoms with Gasteiger partial charge in [0.2, 0.25) is 0 Å². The average molecular weight is 237 g/mol. The molecule has 5 nitrogen and oxygen atoms in total. The van der Waals surface area contributed by atoms with E-state index in [2.05, 4.69) is 10.1 Å². The van der Waals surface area contributed by atoms with Crippen LogP contribution in [0.25, 0.3) is 0 Å². The van der Waals surface area contributed by atoms with Gasteiger partial charge in [-0.25, -0.2) is 9.59 Å². The van der Waals surface area contributed by atoms with Gasteiger partial charge in [-0.1, -0.05) is 18.2 Å². The second-order valence-corrected chi connectivity index (χ2v) is 3.15. The third kappa shape index (κ3) is 5.01. The average Bonchev–Trinajstić information content (AvgIpc) is 2.36. The maximum atomic E-state index is 11.4. The van der Waals surface area contributed by atoms with Gasteiger partial charge in [0.05, 0.1) is 18.7 Å². The number of esters is 1. The number of hydrogen-bond donors (Lipinski definition) is 1. The van der Waals surface area contributed by atoms with Crippen molar-refractivity contribution in [2.75, 3.05) is 19.8 Å². The maximum Gasteiger partial charge on any atom is 0.407 e. The van der Waals surface area contributed by atoms with Gasteiger partial charge >= 0.3 is 12.1 Å². The lowest BCUT2D eigenvalue weighted by Gasteiger charge is -2.06. The standard InChI is InChI=1S/C12H15NO4/c1-2-16-12(15)13-8-9-17-11(14)10-6-4-3-5-7-10/h3-7H,2,8-9H2,1H3,(H,13,15). The van der Waals surface area contributed by atoms with Crippen molar-refractivity contribution in [3.8, 4) is 0 Å². The Balaban J connectivity index is 2.19. The summed E-state index contributed by atoms with van der Waals surface area (Å²) in [5.74, 6) is -0.406. The summed E-state index contributed by atoms with van der Waals surface area (Å²) in [4.78, 5) is 22.3. The molecule has 0 bridgehead atoms. The first-order valence-electron chi connectivity index (χ1n) is 5.37. The highest BCUT2D eigenvalue weighted by Gasteiger charge is 2.05. The van der Waals surface area contributed by atoms with Crippen LogP contribution < -0.4 is 5.32 Å². The first kappa shape index (κ1) is 13.0. The fourth-order valence-corrected chi connectivity index (χ4v) is 1.14. The molecule has 92 valence electrons. The van der Waals surface area contributed by atoms with Crippen LogP contribution in [0.1, 0.15) is 17.3 Å². The zero-order valence-corrected chi connectivity index (χ0v) is 9.64. The topological polar surface area (TPSA) is 64.6 Å². The molecule has 0 saturated carbocycles. The lowest BCUT2D eigenvalue weighted by Crippen LogP contribution is -2.28. The Morgan fingerprint density at radius 3 is 2.53 bits per heavy atom. The van der Waals surface area contributed by atoms with E-state index in [1.165, 1.54) is 0 Å². The zero-order valence-electron chi connectivity index (χ0n) is 9.64. The molecule has 0 saturated heterocycles. The third-order valence-electron chi connectivity index (χ3n) is 1.89. The minimum Gasteiger partial charge on any atom is -0.460 e. The van der Waals surface area contributed by atoms with E-state index in [1.54, 1.807) is 31.2 Å². The quantitative estimate of drug-likeness (QED) is 0.624. The fraction of sp³-hybridized carbons (Fsp3) is 0.333. The van der Waals surface area contributed by atoms with Crippen molar-refractivity contribution in [2.24, 2.45) is 0 Å². The molecule has 5 heteroatoms. The van der Waals surface area contributed by atoms with E-state index in [-0.39, 0.29) is 13.2 Å². The van der Waals surface area contributed by atoms with Gasteiger partial charge in [0.1, 0.15) is 6.61 Å². The number of hydrogen-bond acceptors (Lipinski definition) is 4. The molecule has 1 aromatic carbocycles.